The summed E-state index contributed by atoms with van der Waals surface area (Å²) in [4.78, 5) is 14.3. The number of anilines is 1. The fraction of sp³-hybridized carbons (Fsp3) is 0.789. The molecule has 2 aliphatic rings. The number of rotatable bonds is 5. The molecule has 0 aromatic carbocycles. The zero-order valence-electron chi connectivity index (χ0n) is 15.8. The molecule has 0 N–H and O–H groups in total. The summed E-state index contributed by atoms with van der Waals surface area (Å²) < 4.78 is 5.28. The van der Waals surface area contributed by atoms with Crippen LogP contribution in [0, 0.1) is 0 Å². The quantitative estimate of drug-likeness (QED) is 0.829. The summed E-state index contributed by atoms with van der Waals surface area (Å²) in [5.74, 6) is 0.998. The number of hydrogen-bond acceptors (Lipinski definition) is 5. The summed E-state index contributed by atoms with van der Waals surface area (Å²) in [7, 11) is 3.97. The third-order valence-electron chi connectivity index (χ3n) is 5.73. The molecule has 0 saturated carbocycles. The number of piperidine rings is 1. The molecular formula is C19H32N4O. The predicted octanol–water partition coefficient (Wildman–Crippen LogP) is 2.85. The van der Waals surface area contributed by atoms with Crippen LogP contribution in [0.2, 0.25) is 0 Å². The van der Waals surface area contributed by atoms with Crippen molar-refractivity contribution < 1.29 is 4.74 Å². The minimum atomic E-state index is 0.0515. The lowest BCUT2D eigenvalue weighted by Crippen LogP contribution is -2.50. The zero-order valence-corrected chi connectivity index (χ0v) is 15.8. The second-order valence-electron chi connectivity index (χ2n) is 8.36. The molecular weight excluding hydrogens is 300 g/mol. The van der Waals surface area contributed by atoms with Gasteiger partial charge in [-0.1, -0.05) is 20.8 Å². The van der Waals surface area contributed by atoms with Gasteiger partial charge in [0.2, 0.25) is 0 Å². The number of ether oxygens (including phenoxy) is 1. The lowest BCUT2D eigenvalue weighted by molar-refractivity contribution is 0.0830. The van der Waals surface area contributed by atoms with E-state index in [0.29, 0.717) is 18.1 Å². The average molecular weight is 332 g/mol. The van der Waals surface area contributed by atoms with E-state index in [4.69, 9.17) is 4.74 Å². The highest BCUT2D eigenvalue weighted by atomic mass is 16.5. The van der Waals surface area contributed by atoms with Crippen molar-refractivity contribution in [3.63, 3.8) is 0 Å². The van der Waals surface area contributed by atoms with Crippen molar-refractivity contribution in [1.29, 1.82) is 0 Å². The Kier molecular flexibility index (Phi) is 5.11. The molecule has 0 aliphatic carbocycles. The highest BCUT2D eigenvalue weighted by molar-refractivity contribution is 5.37. The fourth-order valence-electron chi connectivity index (χ4n) is 4.20. The monoisotopic (exact) mass is 332 g/mol. The van der Waals surface area contributed by atoms with Crippen LogP contribution in [0.3, 0.4) is 0 Å². The summed E-state index contributed by atoms with van der Waals surface area (Å²) in [6.45, 7) is 8.44. The molecule has 2 atom stereocenters. The van der Waals surface area contributed by atoms with Gasteiger partial charge in [-0.2, -0.15) is 0 Å². The van der Waals surface area contributed by atoms with Crippen LogP contribution in [0.1, 0.15) is 52.1 Å². The molecule has 134 valence electrons. The lowest BCUT2D eigenvalue weighted by atomic mass is 9.93. The minimum absolute atomic E-state index is 0.0515. The largest absolute Gasteiger partial charge is 0.383 e. The lowest BCUT2D eigenvalue weighted by Gasteiger charge is -2.42. The molecule has 0 spiro atoms. The van der Waals surface area contributed by atoms with Crippen molar-refractivity contribution in [2.45, 2.75) is 70.0 Å². The number of nitrogens with zero attached hydrogens (tertiary/aromatic N) is 4. The fourth-order valence-corrected chi connectivity index (χ4v) is 4.20. The van der Waals surface area contributed by atoms with Crippen LogP contribution >= 0.6 is 0 Å². The van der Waals surface area contributed by atoms with Crippen LogP contribution in [0.5, 0.6) is 0 Å². The highest BCUT2D eigenvalue weighted by Crippen LogP contribution is 2.37. The first-order valence-electron chi connectivity index (χ1n) is 9.20. The van der Waals surface area contributed by atoms with Gasteiger partial charge in [0.05, 0.1) is 24.7 Å². The third-order valence-corrected chi connectivity index (χ3v) is 5.73. The van der Waals surface area contributed by atoms with Crippen molar-refractivity contribution in [2.75, 3.05) is 32.2 Å². The van der Waals surface area contributed by atoms with Gasteiger partial charge < -0.3 is 9.64 Å². The second kappa shape index (κ2) is 6.96. The molecule has 2 aliphatic heterocycles. The maximum atomic E-state index is 5.28. The third kappa shape index (κ3) is 3.57. The smallest absolute Gasteiger partial charge is 0.147 e. The van der Waals surface area contributed by atoms with Gasteiger partial charge in [-0.05, 0) is 25.7 Å². The number of aromatic nitrogens is 2. The Balaban J connectivity index is 1.65. The molecule has 24 heavy (non-hydrogen) atoms. The van der Waals surface area contributed by atoms with Gasteiger partial charge in [0.1, 0.15) is 5.82 Å². The van der Waals surface area contributed by atoms with Crippen molar-refractivity contribution in [2.24, 2.45) is 0 Å². The zero-order chi connectivity index (χ0) is 17.3. The SMILES string of the molecule is COCCN1C2CCC1CC(N(C)c1cnc(C(C)(C)C)cn1)C2. The van der Waals surface area contributed by atoms with Gasteiger partial charge in [-0.25, -0.2) is 4.98 Å². The van der Waals surface area contributed by atoms with Crippen molar-refractivity contribution in [1.82, 2.24) is 14.9 Å². The van der Waals surface area contributed by atoms with Crippen LogP contribution in [-0.4, -0.2) is 60.3 Å². The van der Waals surface area contributed by atoms with Crippen LogP contribution in [0.4, 0.5) is 5.82 Å². The van der Waals surface area contributed by atoms with Crippen molar-refractivity contribution in [3.05, 3.63) is 18.1 Å². The maximum absolute atomic E-state index is 5.28. The number of methoxy groups -OCH3 is 1. The van der Waals surface area contributed by atoms with E-state index in [1.54, 1.807) is 7.11 Å². The van der Waals surface area contributed by atoms with E-state index >= 15 is 0 Å². The summed E-state index contributed by atoms with van der Waals surface area (Å²) in [5.41, 5.74) is 1.10. The van der Waals surface area contributed by atoms with Crippen molar-refractivity contribution in [3.8, 4) is 0 Å². The van der Waals surface area contributed by atoms with Gasteiger partial charge in [-0.15, -0.1) is 0 Å². The van der Waals surface area contributed by atoms with Crippen LogP contribution in [-0.2, 0) is 10.2 Å². The molecule has 2 saturated heterocycles. The molecule has 0 amide bonds. The summed E-state index contributed by atoms with van der Waals surface area (Å²) >= 11 is 0. The Hall–Kier alpha value is -1.20. The molecule has 1 aromatic heterocycles. The topological polar surface area (TPSA) is 41.5 Å². The van der Waals surface area contributed by atoms with E-state index in [9.17, 15) is 0 Å². The van der Waals surface area contributed by atoms with Crippen LogP contribution in [0.25, 0.3) is 0 Å². The van der Waals surface area contributed by atoms with Gasteiger partial charge in [-0.3, -0.25) is 9.88 Å². The Morgan fingerprint density at radius 2 is 1.83 bits per heavy atom. The second-order valence-corrected chi connectivity index (χ2v) is 8.36. The van der Waals surface area contributed by atoms with Gasteiger partial charge in [0.15, 0.2) is 0 Å². The van der Waals surface area contributed by atoms with Crippen LogP contribution in [0.15, 0.2) is 12.4 Å². The molecule has 2 fully saturated rings. The minimum Gasteiger partial charge on any atom is -0.383 e. The normalized spacial score (nSPS) is 27.5. The Morgan fingerprint density at radius 3 is 2.33 bits per heavy atom. The van der Waals surface area contributed by atoms with Gasteiger partial charge in [0, 0.05) is 44.2 Å². The van der Waals surface area contributed by atoms with Crippen molar-refractivity contribution >= 4 is 5.82 Å². The van der Waals surface area contributed by atoms with E-state index < -0.39 is 0 Å². The van der Waals surface area contributed by atoms with Gasteiger partial charge >= 0.3 is 0 Å². The molecule has 2 unspecified atom stereocenters. The summed E-state index contributed by atoms with van der Waals surface area (Å²) in [5, 5.41) is 0. The molecule has 5 nitrogen and oxygen atoms in total. The highest BCUT2D eigenvalue weighted by Gasteiger charge is 2.41. The standard InChI is InChI=1S/C19H32N4O/c1-19(2,3)17-12-21-18(13-20-17)22(4)16-10-14-6-7-15(11-16)23(14)8-9-24-5/h12-16H,6-11H2,1-5H3. The predicted molar refractivity (Wildman–Crippen MR) is 97.5 cm³/mol. The number of hydrogen-bond donors (Lipinski definition) is 0. The molecule has 5 heteroatoms. The summed E-state index contributed by atoms with van der Waals surface area (Å²) in [6.07, 6.45) is 8.98. The molecule has 3 rings (SSSR count). The van der Waals surface area contributed by atoms with E-state index in [-0.39, 0.29) is 5.41 Å². The van der Waals surface area contributed by atoms with Gasteiger partial charge in [0.25, 0.3) is 0 Å². The van der Waals surface area contributed by atoms with Crippen LogP contribution < -0.4 is 4.90 Å². The molecule has 0 radical (unpaired) electrons. The Labute approximate surface area is 146 Å². The van der Waals surface area contributed by atoms with E-state index in [1.165, 1.54) is 25.7 Å². The summed E-state index contributed by atoms with van der Waals surface area (Å²) in [6, 6.07) is 1.97. The van der Waals surface area contributed by atoms with E-state index in [2.05, 4.69) is 47.6 Å². The molecule has 2 bridgehead atoms. The van der Waals surface area contributed by atoms with E-state index in [0.717, 1.165) is 24.7 Å². The maximum Gasteiger partial charge on any atom is 0.147 e. The first-order valence-corrected chi connectivity index (χ1v) is 9.20. The Morgan fingerprint density at radius 1 is 1.17 bits per heavy atom. The first-order chi connectivity index (χ1) is 11.4. The Bertz CT molecular complexity index is 525. The average Bonchev–Trinajstić information content (AvgIpc) is 2.79. The number of fused-ring (bicyclic) bond motifs is 2. The molecule has 3 heterocycles. The first kappa shape index (κ1) is 17.6. The van der Waals surface area contributed by atoms with E-state index in [1.807, 2.05) is 12.4 Å². The molecule has 1 aromatic rings.